The lowest BCUT2D eigenvalue weighted by Gasteiger charge is -2.28. The first-order valence-corrected chi connectivity index (χ1v) is 6.92. The Bertz CT molecular complexity index is 462. The maximum absolute atomic E-state index is 13.0. The molecule has 2 nitrogen and oxygen atoms in total. The number of rotatable bonds is 2. The average molecular weight is 270 g/mol. The molecule has 1 heterocycles. The zero-order valence-corrected chi connectivity index (χ0v) is 11.2. The van der Waals surface area contributed by atoms with Gasteiger partial charge in [-0.25, -0.2) is 8.78 Å². The summed E-state index contributed by atoms with van der Waals surface area (Å²) in [7, 11) is 0. The molecule has 1 saturated heterocycles. The van der Waals surface area contributed by atoms with Crippen molar-refractivity contribution >= 4 is 16.9 Å². The maximum atomic E-state index is 13.0. The number of halogens is 2. The fourth-order valence-electron chi connectivity index (χ4n) is 1.63. The molecule has 0 saturated carbocycles. The first kappa shape index (κ1) is 13.3. The summed E-state index contributed by atoms with van der Waals surface area (Å²) in [6, 6.07) is 4.28. The Labute approximate surface area is 110 Å². The predicted octanol–water partition coefficient (Wildman–Crippen LogP) is 3.18. The van der Waals surface area contributed by atoms with Crippen LogP contribution in [-0.4, -0.2) is 17.0 Å². The number of nitrogens with one attached hydrogen (secondary N) is 1. The number of benzene rings is 1. The van der Waals surface area contributed by atoms with E-state index in [0.29, 0.717) is 24.1 Å². The highest BCUT2D eigenvalue weighted by Crippen LogP contribution is 2.20. The van der Waals surface area contributed by atoms with Crippen LogP contribution in [0.15, 0.2) is 23.2 Å². The molecule has 5 heteroatoms. The van der Waals surface area contributed by atoms with Crippen LogP contribution in [0.1, 0.15) is 19.4 Å². The lowest BCUT2D eigenvalue weighted by Crippen LogP contribution is -2.41. The lowest BCUT2D eigenvalue weighted by molar-refractivity contribution is 0.489. The van der Waals surface area contributed by atoms with Gasteiger partial charge in [-0.1, -0.05) is 24.8 Å². The van der Waals surface area contributed by atoms with Gasteiger partial charge in [0.1, 0.15) is 0 Å². The standard InChI is InChI=1S/C13H16F2N2S/c1-8-7-18-13(17-9(8)2)16-6-10-3-4-11(14)12(15)5-10/h3-5,8-9H,6-7H2,1-2H3,(H,16,17). The molecule has 18 heavy (non-hydrogen) atoms. The number of nitrogens with zero attached hydrogens (tertiary/aromatic N) is 1. The van der Waals surface area contributed by atoms with Gasteiger partial charge in [0.25, 0.3) is 0 Å². The molecule has 1 aliphatic rings. The predicted molar refractivity (Wildman–Crippen MR) is 71.7 cm³/mol. The zero-order chi connectivity index (χ0) is 13.1. The van der Waals surface area contributed by atoms with Crippen molar-refractivity contribution in [3.8, 4) is 0 Å². The van der Waals surface area contributed by atoms with Gasteiger partial charge in [0.15, 0.2) is 16.8 Å². The molecule has 2 atom stereocenters. The molecular weight excluding hydrogens is 254 g/mol. The van der Waals surface area contributed by atoms with Crippen LogP contribution in [0.4, 0.5) is 8.78 Å². The summed E-state index contributed by atoms with van der Waals surface area (Å²) >= 11 is 1.67. The normalized spacial score (nSPS) is 26.1. The number of hydrogen-bond donors (Lipinski definition) is 1. The molecule has 2 rings (SSSR count). The largest absolute Gasteiger partial charge is 0.362 e. The number of hydrogen-bond acceptors (Lipinski definition) is 2. The highest BCUT2D eigenvalue weighted by Gasteiger charge is 2.20. The van der Waals surface area contributed by atoms with Gasteiger partial charge in [0.05, 0.1) is 6.54 Å². The third kappa shape index (κ3) is 3.22. The summed E-state index contributed by atoms with van der Waals surface area (Å²) in [5.41, 5.74) is 0.676. The monoisotopic (exact) mass is 270 g/mol. The first-order valence-electron chi connectivity index (χ1n) is 5.94. The van der Waals surface area contributed by atoms with Gasteiger partial charge < -0.3 is 5.32 Å². The highest BCUT2D eigenvalue weighted by atomic mass is 32.2. The Balaban J connectivity index is 2.00. The van der Waals surface area contributed by atoms with Gasteiger partial charge in [-0.05, 0) is 30.5 Å². The van der Waals surface area contributed by atoms with Crippen LogP contribution in [0.2, 0.25) is 0 Å². The van der Waals surface area contributed by atoms with E-state index in [4.69, 9.17) is 0 Å². The zero-order valence-electron chi connectivity index (χ0n) is 10.4. The number of amidine groups is 1. The van der Waals surface area contributed by atoms with Crippen molar-refractivity contribution < 1.29 is 8.78 Å². The molecule has 0 aromatic heterocycles. The van der Waals surface area contributed by atoms with Crippen molar-refractivity contribution in [1.82, 2.24) is 5.32 Å². The first-order chi connectivity index (χ1) is 8.56. The lowest BCUT2D eigenvalue weighted by atomic mass is 10.1. The van der Waals surface area contributed by atoms with Crippen LogP contribution in [0.5, 0.6) is 0 Å². The van der Waals surface area contributed by atoms with Crippen LogP contribution in [0.3, 0.4) is 0 Å². The summed E-state index contributed by atoms with van der Waals surface area (Å²) in [5.74, 6) is 0.000277. The van der Waals surface area contributed by atoms with Crippen molar-refractivity contribution in [3.63, 3.8) is 0 Å². The van der Waals surface area contributed by atoms with E-state index in [1.807, 2.05) is 0 Å². The second-order valence-electron chi connectivity index (χ2n) is 4.59. The maximum Gasteiger partial charge on any atom is 0.159 e. The van der Waals surface area contributed by atoms with E-state index in [0.717, 1.165) is 17.0 Å². The van der Waals surface area contributed by atoms with Crippen molar-refractivity contribution in [3.05, 3.63) is 35.4 Å². The Hall–Kier alpha value is -1.10. The van der Waals surface area contributed by atoms with E-state index < -0.39 is 11.6 Å². The topological polar surface area (TPSA) is 24.4 Å². The highest BCUT2D eigenvalue weighted by molar-refractivity contribution is 8.13. The second-order valence-corrected chi connectivity index (χ2v) is 5.60. The van der Waals surface area contributed by atoms with E-state index in [-0.39, 0.29) is 0 Å². The van der Waals surface area contributed by atoms with Gasteiger partial charge in [-0.3, -0.25) is 4.99 Å². The molecule has 0 spiro atoms. The molecule has 1 aromatic carbocycles. The molecule has 1 fully saturated rings. The summed E-state index contributed by atoms with van der Waals surface area (Å²) in [6.07, 6.45) is 0. The minimum Gasteiger partial charge on any atom is -0.362 e. The third-order valence-corrected chi connectivity index (χ3v) is 4.29. The Morgan fingerprint density at radius 1 is 1.33 bits per heavy atom. The van der Waals surface area contributed by atoms with Crippen molar-refractivity contribution in [2.24, 2.45) is 10.9 Å². The SMILES string of the molecule is CC1CSC(=NCc2ccc(F)c(F)c2)NC1C. The van der Waals surface area contributed by atoms with E-state index in [2.05, 4.69) is 24.2 Å². The molecule has 0 aliphatic carbocycles. The number of thioether (sulfide) groups is 1. The molecule has 98 valence electrons. The van der Waals surface area contributed by atoms with Crippen molar-refractivity contribution in [1.29, 1.82) is 0 Å². The van der Waals surface area contributed by atoms with Gasteiger partial charge >= 0.3 is 0 Å². The molecule has 0 radical (unpaired) electrons. The van der Waals surface area contributed by atoms with Crippen LogP contribution in [-0.2, 0) is 6.54 Å². The van der Waals surface area contributed by atoms with Crippen LogP contribution >= 0.6 is 11.8 Å². The fourth-order valence-corrected chi connectivity index (χ4v) is 2.76. The smallest absolute Gasteiger partial charge is 0.159 e. The van der Waals surface area contributed by atoms with Crippen LogP contribution < -0.4 is 5.32 Å². The second kappa shape index (κ2) is 5.69. The summed E-state index contributed by atoms with van der Waals surface area (Å²) in [4.78, 5) is 4.39. The molecule has 1 N–H and O–H groups in total. The molecule has 1 aromatic rings. The van der Waals surface area contributed by atoms with E-state index in [9.17, 15) is 8.78 Å². The fraction of sp³-hybridized carbons (Fsp3) is 0.462. The molecule has 2 unspecified atom stereocenters. The third-order valence-electron chi connectivity index (χ3n) is 3.08. The Kier molecular flexibility index (Phi) is 4.22. The summed E-state index contributed by atoms with van der Waals surface area (Å²) in [6.45, 7) is 4.68. The van der Waals surface area contributed by atoms with Gasteiger partial charge in [0, 0.05) is 11.8 Å². The van der Waals surface area contributed by atoms with Gasteiger partial charge in [-0.15, -0.1) is 0 Å². The van der Waals surface area contributed by atoms with Gasteiger partial charge in [0.2, 0.25) is 0 Å². The summed E-state index contributed by atoms with van der Waals surface area (Å²) < 4.78 is 25.8. The molecule has 0 amide bonds. The number of aliphatic imine (C=N–C) groups is 1. The van der Waals surface area contributed by atoms with E-state index >= 15 is 0 Å². The van der Waals surface area contributed by atoms with E-state index in [1.54, 1.807) is 17.8 Å². The Morgan fingerprint density at radius 2 is 2.11 bits per heavy atom. The van der Waals surface area contributed by atoms with Crippen molar-refractivity contribution in [2.75, 3.05) is 5.75 Å². The van der Waals surface area contributed by atoms with Crippen LogP contribution in [0, 0.1) is 17.6 Å². The summed E-state index contributed by atoms with van der Waals surface area (Å²) in [5, 5.41) is 4.19. The molecule has 0 bridgehead atoms. The molecule has 1 aliphatic heterocycles. The van der Waals surface area contributed by atoms with Gasteiger partial charge in [-0.2, -0.15) is 0 Å². The van der Waals surface area contributed by atoms with Crippen LogP contribution in [0.25, 0.3) is 0 Å². The van der Waals surface area contributed by atoms with E-state index in [1.165, 1.54) is 6.07 Å². The average Bonchev–Trinajstić information content (AvgIpc) is 2.35. The Morgan fingerprint density at radius 3 is 2.78 bits per heavy atom. The van der Waals surface area contributed by atoms with Crippen molar-refractivity contribution in [2.45, 2.75) is 26.4 Å². The minimum absolute atomic E-state index is 0.369. The quantitative estimate of drug-likeness (QED) is 0.892. The molecular formula is C13H16F2N2S. The minimum atomic E-state index is -0.820.